The topological polar surface area (TPSA) is 310 Å². The van der Waals surface area contributed by atoms with E-state index in [1.165, 1.54) is 0 Å². The van der Waals surface area contributed by atoms with Crippen LogP contribution in [0.5, 0.6) is 0 Å². The summed E-state index contributed by atoms with van der Waals surface area (Å²) in [5.74, 6) is 0. The summed E-state index contributed by atoms with van der Waals surface area (Å²) in [5, 5.41) is 0. The van der Waals surface area contributed by atoms with Crippen LogP contribution < -0.4 is 0 Å². The summed E-state index contributed by atoms with van der Waals surface area (Å²) < 4.78 is 80.4. The fourth-order valence-corrected chi connectivity index (χ4v) is 7.55. The second-order valence-electron chi connectivity index (χ2n) is 3.26. The van der Waals surface area contributed by atoms with Crippen molar-refractivity contribution in [2.45, 2.75) is 0 Å². The second-order valence-corrected chi connectivity index (χ2v) is 12.2. The van der Waals surface area contributed by atoms with Crippen molar-refractivity contribution in [1.29, 1.82) is 0 Å². The molecule has 0 aromatic carbocycles. The molecule has 0 fully saturated rings. The van der Waals surface area contributed by atoms with Gasteiger partial charge in [-0.2, -0.15) is 21.6 Å². The minimum Gasteiger partial charge on any atom is -1.00 e. The van der Waals surface area contributed by atoms with E-state index in [0.29, 0.717) is 0 Å². The Labute approximate surface area is 175 Å². The summed E-state index contributed by atoms with van der Waals surface area (Å²) >= 11 is 0. The third-order valence-electron chi connectivity index (χ3n) is 1.04. The van der Waals surface area contributed by atoms with Gasteiger partial charge in [0.05, 0.1) is 0 Å². The normalized spacial score (nSPS) is 22.2. The van der Waals surface area contributed by atoms with E-state index in [0.717, 1.165) is 0 Å². The van der Waals surface area contributed by atoms with E-state index < -0.39 is 46.9 Å². The van der Waals surface area contributed by atoms with Crippen LogP contribution in [-0.4, -0.2) is 76.9 Å². The van der Waals surface area contributed by atoms with Gasteiger partial charge in [0, 0.05) is 0 Å². The first-order chi connectivity index (χ1) is 10.5. The average Bonchev–Trinajstić information content (AvgIpc) is 1.97. The smallest absolute Gasteiger partial charge is 1.00 e. The molecule has 0 amide bonds. The summed E-state index contributed by atoms with van der Waals surface area (Å²) in [6.07, 6.45) is 0. The van der Waals surface area contributed by atoms with E-state index in [1.54, 1.807) is 0 Å². The molecule has 0 bridgehead atoms. The van der Waals surface area contributed by atoms with E-state index in [2.05, 4.69) is 21.6 Å². The molecule has 8 N–H and O–H groups in total. The minimum atomic E-state index is -6.26. The molecule has 0 aromatic rings. The van der Waals surface area contributed by atoms with Crippen molar-refractivity contribution in [2.75, 3.05) is 0 Å². The zero-order chi connectivity index (χ0) is 20.5. The molecule has 26 heteroatoms. The van der Waals surface area contributed by atoms with Crippen LogP contribution in [0, 0.1) is 0 Å². The fourth-order valence-electron chi connectivity index (χ4n) is 0.720. The molecule has 0 rings (SSSR count). The number of hydrogen-bond acceptors (Lipinski definition) is 11. The molecule has 19 nitrogen and oxygen atoms in total. The molecular weight excluding hydrogens is 530 g/mol. The first kappa shape index (κ1) is 30.3. The molecule has 0 radical (unpaired) electrons. The summed E-state index contributed by atoms with van der Waals surface area (Å²) in [6.45, 7) is 0. The molecule has 0 aliphatic rings. The second kappa shape index (κ2) is 9.95. The van der Waals surface area contributed by atoms with Gasteiger partial charge in [-0.3, -0.25) is 0 Å². The minimum absolute atomic E-state index is 0. The third kappa shape index (κ3) is 16.0. The average molecular weight is 540 g/mol. The molecule has 0 saturated carbocycles. The summed E-state index contributed by atoms with van der Waals surface area (Å²) in [6, 6.07) is 0. The zero-order valence-electron chi connectivity index (χ0n) is 13.5. The van der Waals surface area contributed by atoms with E-state index in [9.17, 15) is 27.4 Å². The monoisotopic (exact) mass is 540 g/mol. The molecule has 26 heavy (non-hydrogen) atoms. The van der Waals surface area contributed by atoms with Gasteiger partial charge in [-0.05, 0) is 0 Å². The maximum atomic E-state index is 11.2. The Kier molecular flexibility index (Phi) is 11.6. The molecule has 0 aliphatic heterocycles. The molecule has 4 atom stereocenters. The van der Waals surface area contributed by atoms with Crippen molar-refractivity contribution >= 4 is 84.7 Å². The van der Waals surface area contributed by atoms with E-state index in [4.69, 9.17) is 39.1 Å². The van der Waals surface area contributed by atoms with Gasteiger partial charge < -0.3 is 42.0 Å². The first-order valence-electron chi connectivity index (χ1n) is 4.52. The van der Waals surface area contributed by atoms with Crippen LogP contribution >= 0.6 is 46.9 Å². The molecule has 0 saturated heterocycles. The molecule has 156 valence electrons. The summed E-state index contributed by atoms with van der Waals surface area (Å²) in [5.41, 5.74) is 0. The Bertz CT molecular complexity index is 707. The van der Waals surface area contributed by atoms with Gasteiger partial charge in [0.25, 0.3) is 0 Å². The Morgan fingerprint density at radius 1 is 0.423 bits per heavy atom. The van der Waals surface area contributed by atoms with Gasteiger partial charge >= 0.3 is 84.7 Å². The van der Waals surface area contributed by atoms with Crippen LogP contribution in [0.4, 0.5) is 0 Å². The quantitative estimate of drug-likeness (QED) is 0.128. The van der Waals surface area contributed by atoms with E-state index in [1.807, 2.05) is 0 Å². The Morgan fingerprint density at radius 2 is 0.577 bits per heavy atom. The zero-order valence-corrected chi connectivity index (χ0v) is 19.0. The molecule has 0 aromatic heterocycles. The Balaban J connectivity index is -0.000000960. The standard InChI is InChI=1S/Ca.H8O19P6.2H/c;1-20(2,3)15-22(7,8)17-24(11,12)19-25(13,14)18-23(9,10)16-21(4,5)6;;/h;(H,7,8)(H,9,10)(H,11,12)(H,13,14)(H2,1,2,3)(H2,4,5,6);;/q+2;;2*-1. The molecule has 0 aliphatic carbocycles. The number of hydrogen-bond donors (Lipinski definition) is 8. The Morgan fingerprint density at radius 3 is 0.731 bits per heavy atom. The largest absolute Gasteiger partial charge is 2.00 e. The predicted molar refractivity (Wildman–Crippen MR) is 76.8 cm³/mol. The summed E-state index contributed by atoms with van der Waals surface area (Å²) in [7, 11) is -36.2. The van der Waals surface area contributed by atoms with Crippen LogP contribution in [-0.2, 0) is 48.9 Å². The van der Waals surface area contributed by atoms with Crippen molar-refractivity contribution in [3.8, 4) is 0 Å². The van der Waals surface area contributed by atoms with Crippen molar-refractivity contribution in [3.63, 3.8) is 0 Å². The van der Waals surface area contributed by atoms with Gasteiger partial charge in [-0.15, -0.1) is 0 Å². The first-order valence-corrected chi connectivity index (χ1v) is 13.6. The van der Waals surface area contributed by atoms with Gasteiger partial charge in [-0.25, -0.2) is 27.4 Å². The van der Waals surface area contributed by atoms with Crippen LogP contribution in [0.25, 0.3) is 0 Å². The van der Waals surface area contributed by atoms with Crippen molar-refractivity contribution in [1.82, 2.24) is 0 Å². The van der Waals surface area contributed by atoms with Gasteiger partial charge in [0.15, 0.2) is 0 Å². The van der Waals surface area contributed by atoms with E-state index >= 15 is 0 Å². The maximum absolute atomic E-state index is 11.2. The van der Waals surface area contributed by atoms with Crippen molar-refractivity contribution in [2.24, 2.45) is 0 Å². The molecule has 0 spiro atoms. The third-order valence-corrected chi connectivity index (χ3v) is 9.34. The molecule has 4 unspecified atom stereocenters. The Hall–Kier alpha value is 2.12. The summed E-state index contributed by atoms with van der Waals surface area (Å²) in [4.78, 5) is 68.1. The van der Waals surface area contributed by atoms with Crippen LogP contribution in [0.15, 0.2) is 0 Å². The van der Waals surface area contributed by atoms with Crippen molar-refractivity contribution < 1.29 is 90.9 Å². The van der Waals surface area contributed by atoms with Crippen LogP contribution in [0.2, 0.25) is 0 Å². The SMILES string of the molecule is O=P(O)(O)OP(=O)(O)OP(=O)(O)OP(=O)(O)OP(=O)(O)OP(=O)(O)O.[Ca+2].[H-].[H-]. The van der Waals surface area contributed by atoms with Gasteiger partial charge in [0.2, 0.25) is 0 Å². The number of phosphoric acid groups is 6. The molecule has 0 heterocycles. The van der Waals surface area contributed by atoms with Gasteiger partial charge in [-0.1, -0.05) is 0 Å². The van der Waals surface area contributed by atoms with Gasteiger partial charge in [0.1, 0.15) is 0 Å². The predicted octanol–water partition coefficient (Wildman–Crippen LogP) is -0.499. The fraction of sp³-hybridized carbons (Fsp3) is 0. The number of rotatable bonds is 10. The van der Waals surface area contributed by atoms with Crippen LogP contribution in [0.1, 0.15) is 2.85 Å². The van der Waals surface area contributed by atoms with Crippen molar-refractivity contribution in [3.05, 3.63) is 0 Å². The van der Waals surface area contributed by atoms with Crippen LogP contribution in [0.3, 0.4) is 0 Å². The molecular formula is H10CaO19P6. The maximum Gasteiger partial charge on any atom is 2.00 e. The van der Waals surface area contributed by atoms with E-state index in [-0.39, 0.29) is 40.6 Å².